The smallest absolute Gasteiger partial charge is 0.338 e. The zero-order valence-electron chi connectivity index (χ0n) is 59.5. The molecular weight excluding hydrogens is 1550 g/mol. The number of hydrogen-bond donors (Lipinski definition) is 11. The van der Waals surface area contributed by atoms with Crippen LogP contribution in [0.15, 0.2) is 192 Å². The lowest BCUT2D eigenvalue weighted by molar-refractivity contribution is -0.119. The van der Waals surface area contributed by atoms with E-state index < -0.39 is 145 Å². The van der Waals surface area contributed by atoms with E-state index in [0.29, 0.717) is 5.52 Å². The normalized spacial score (nSPS) is 22.1. The van der Waals surface area contributed by atoms with Crippen molar-refractivity contribution in [2.75, 3.05) is 36.2 Å². The third-order valence-electron chi connectivity index (χ3n) is 16.7. The molecule has 11 aromatic rings. The van der Waals surface area contributed by atoms with Crippen molar-refractivity contribution in [1.29, 1.82) is 0 Å². The number of aromatic nitrogens is 14. The number of alkyl halides is 3. The van der Waals surface area contributed by atoms with Crippen molar-refractivity contribution in [2.24, 2.45) is 15.3 Å². The number of aliphatic hydroxyl groups is 2. The van der Waals surface area contributed by atoms with Crippen molar-refractivity contribution in [3.8, 4) is 0 Å². The summed E-state index contributed by atoms with van der Waals surface area (Å²) < 4.78 is 87.5. The summed E-state index contributed by atoms with van der Waals surface area (Å²) in [5.41, 5.74) is 22.1. The Morgan fingerprint density at radius 3 is 1.42 bits per heavy atom. The van der Waals surface area contributed by atoms with Gasteiger partial charge in [0.2, 0.25) is 46.8 Å². The number of carbonyl (C=O) groups is 6. The Morgan fingerprint density at radius 1 is 0.552 bits per heavy atom. The highest BCUT2D eigenvalue weighted by Crippen LogP contribution is 2.46. The Hall–Kier alpha value is -15.3. The van der Waals surface area contributed by atoms with Crippen LogP contribution in [0.2, 0.25) is 0 Å². The van der Waals surface area contributed by atoms with Crippen molar-refractivity contribution in [3.63, 3.8) is 0 Å². The number of esters is 4. The fourth-order valence-corrected chi connectivity index (χ4v) is 11.4. The van der Waals surface area contributed by atoms with Gasteiger partial charge in [0.15, 0.2) is 82.9 Å². The van der Waals surface area contributed by atoms with Gasteiger partial charge in [0.05, 0.1) is 47.8 Å². The Bertz CT molecular complexity index is 5960. The molecule has 0 aliphatic carbocycles. The molecule has 0 unspecified atom stereocenters. The number of aliphatic hydroxyl groups excluding tert-OH is 2. The van der Waals surface area contributed by atoms with Crippen LogP contribution < -0.4 is 50.4 Å². The minimum Gasteiger partial charge on any atom is -0.459 e. The molecule has 14 rings (SSSR count). The number of rotatable bonds is 19. The second kappa shape index (κ2) is 35.8. The fourth-order valence-electron chi connectivity index (χ4n) is 11.4. The summed E-state index contributed by atoms with van der Waals surface area (Å²) in [5.74, 6) is -4.81. The highest BCUT2D eigenvalue weighted by molar-refractivity contribution is 5.92. The average molecular weight is 1610 g/mol. The first kappa shape index (κ1) is 83.2. The van der Waals surface area contributed by atoms with E-state index in [1.807, 2.05) is 4.98 Å². The number of nitrogens with two attached hydrogens (primary N) is 1. The molecule has 0 saturated carbocycles. The average Bonchev–Trinajstić information content (AvgIpc) is 1.60. The van der Waals surface area contributed by atoms with E-state index in [1.165, 1.54) is 68.7 Å². The van der Waals surface area contributed by atoms with Crippen molar-refractivity contribution < 1.29 is 85.3 Å². The summed E-state index contributed by atoms with van der Waals surface area (Å²) in [7, 11) is 0. The summed E-state index contributed by atoms with van der Waals surface area (Å²) in [6.07, 6.45) is -12.6. The molecule has 3 saturated heterocycles. The summed E-state index contributed by atoms with van der Waals surface area (Å²) in [5, 5.41) is 34.0. The lowest BCUT2D eigenvalue weighted by Crippen LogP contribution is -2.44. The largest absolute Gasteiger partial charge is 0.459 e. The predicted molar refractivity (Wildman–Crippen MR) is 389 cm³/mol. The van der Waals surface area contributed by atoms with Gasteiger partial charge in [-0.3, -0.25) is 73.0 Å². The number of fused-ring (bicyclic) bond motifs is 3. The molecule has 0 spiro atoms. The van der Waals surface area contributed by atoms with Crippen LogP contribution in [0, 0.1) is 0 Å². The molecule has 50 heteroatoms. The van der Waals surface area contributed by atoms with E-state index in [-0.39, 0.29) is 85.7 Å². The molecule has 14 N–H and O–H groups in total. The molecule has 0 bridgehead atoms. The van der Waals surface area contributed by atoms with Gasteiger partial charge in [-0.25, -0.2) is 52.1 Å². The van der Waals surface area contributed by atoms with E-state index in [0.717, 1.165) is 38.6 Å². The first-order valence-electron chi connectivity index (χ1n) is 33.1. The number of nitrogens with zero attached hydrogens (tertiary/aromatic N) is 18. The van der Waals surface area contributed by atoms with E-state index in [1.54, 1.807) is 72.8 Å². The van der Waals surface area contributed by atoms with Gasteiger partial charge in [-0.15, -0.1) is 0 Å². The second-order valence-electron chi connectivity index (χ2n) is 24.2. The number of ether oxygens (including phenoxy) is 7. The Kier molecular flexibility index (Phi) is 25.7. The van der Waals surface area contributed by atoms with Gasteiger partial charge in [0, 0.05) is 40.8 Å². The zero-order chi connectivity index (χ0) is 82.5. The van der Waals surface area contributed by atoms with E-state index >= 15 is 8.78 Å². The molecule has 12 atom stereocenters. The predicted octanol–water partition coefficient (Wildman–Crippen LogP) is 4.22. The maximum Gasteiger partial charge on any atom is 0.338 e. The number of azide groups is 3. The van der Waals surface area contributed by atoms with Gasteiger partial charge >= 0.3 is 29.6 Å². The first-order chi connectivity index (χ1) is 55.2. The van der Waals surface area contributed by atoms with Crippen molar-refractivity contribution in [2.45, 2.75) is 86.5 Å². The molecule has 3 aliphatic heterocycles. The van der Waals surface area contributed by atoms with Gasteiger partial charge in [-0.1, -0.05) is 88.1 Å². The number of H-pyrrole nitrogens is 5. The Morgan fingerprint density at radius 2 is 0.966 bits per heavy atom. The van der Waals surface area contributed by atoms with Gasteiger partial charge in [0.25, 0.3) is 22.2 Å². The van der Waals surface area contributed by atoms with E-state index in [9.17, 15) is 72.9 Å². The van der Waals surface area contributed by atoms with E-state index in [2.05, 4.69) is 90.6 Å². The number of imidazole rings is 3. The van der Waals surface area contributed by atoms with Gasteiger partial charge in [-0.05, 0) is 65.1 Å². The molecule has 116 heavy (non-hydrogen) atoms. The van der Waals surface area contributed by atoms with Crippen LogP contribution in [0.25, 0.3) is 64.8 Å². The topological polar surface area (TPSA) is 695 Å². The molecule has 2 amide bonds. The Balaban J connectivity index is 0.000000173. The molecule has 600 valence electrons. The van der Waals surface area contributed by atoms with Crippen molar-refractivity contribution in [3.05, 3.63) is 258 Å². The molecule has 0 radical (unpaired) electrons. The van der Waals surface area contributed by atoms with Crippen LogP contribution in [-0.2, 0) is 42.7 Å². The quantitative estimate of drug-likeness (QED) is 0.0177. The van der Waals surface area contributed by atoms with Crippen molar-refractivity contribution >= 4 is 87.0 Å². The highest BCUT2D eigenvalue weighted by atomic mass is 19.1. The molecule has 4 aromatic carbocycles. The first-order valence-corrected chi connectivity index (χ1v) is 33.1. The fraction of sp³-hybridized carbons (Fsp3) is 0.258. The van der Waals surface area contributed by atoms with Crippen LogP contribution in [-0.4, -0.2) is 188 Å². The SMILES string of the molecule is CC(=O)Nc1nc2c(ncn2[C@@H]2O[C@@](COC(=O)c3ccccc3)(N=[N+]=[N-])[C@@H](F)[C@H]2OC(=O)c2ccccc2)c(=O)[nH]1.CC(=O)Nc1nc2nc[nH]c2c(=O)[nH]1.N.[N-]=[N+]=N[C@]1(CO)O[C@@H](n2cnc3c(=O)[nH]c(N)nc32)[C@H](O)[C@@H]1F.[N-]=[N+]=N[C@]1(COC(=O)c2ccccc2)O[C@@H](n2ccc(=O)[nH]c2=O)[C@H](OC(=O)c2ccccc2)[C@@H]1F. The third-order valence-corrected chi connectivity index (χ3v) is 16.7. The number of amides is 2. The zero-order valence-corrected chi connectivity index (χ0v) is 59.5. The van der Waals surface area contributed by atoms with Crippen LogP contribution >= 0.6 is 0 Å². The molecule has 47 nitrogen and oxygen atoms in total. The molecule has 3 fully saturated rings. The second-order valence-corrected chi connectivity index (χ2v) is 24.2. The minimum absolute atomic E-state index is 0. The molecule has 7 aromatic heterocycles. The van der Waals surface area contributed by atoms with Crippen molar-refractivity contribution in [1.82, 2.24) is 74.7 Å². The highest BCUT2D eigenvalue weighted by Gasteiger charge is 2.62. The van der Waals surface area contributed by atoms with Gasteiger partial charge in [0.1, 0.15) is 19.3 Å². The number of anilines is 3. The lowest BCUT2D eigenvalue weighted by atomic mass is 10.1. The maximum absolute atomic E-state index is 16.4. The molecule has 3 aliphatic rings. The van der Waals surface area contributed by atoms with Crippen LogP contribution in [0.5, 0.6) is 0 Å². The van der Waals surface area contributed by atoms with E-state index in [4.69, 9.17) is 50.0 Å². The lowest BCUT2D eigenvalue weighted by Gasteiger charge is -2.25. The number of carbonyl (C=O) groups excluding carboxylic acids is 6. The van der Waals surface area contributed by atoms with Gasteiger partial charge < -0.3 is 60.2 Å². The minimum atomic E-state index is -2.51. The number of hydrogen-bond acceptors (Lipinski definition) is 31. The molecule has 10 heterocycles. The van der Waals surface area contributed by atoms with Crippen LogP contribution in [0.4, 0.5) is 31.0 Å². The number of nitrogens with one attached hydrogen (secondary N) is 7. The van der Waals surface area contributed by atoms with Crippen LogP contribution in [0.1, 0.15) is 74.0 Å². The number of benzene rings is 4. The summed E-state index contributed by atoms with van der Waals surface area (Å²) >= 11 is 0. The van der Waals surface area contributed by atoms with Crippen LogP contribution in [0.3, 0.4) is 0 Å². The maximum atomic E-state index is 16.4. The Labute approximate surface area is 641 Å². The molecular formula is C66H60F3N27O20. The number of nitrogen functional groups attached to an aromatic ring is 1. The standard InChI is InChI=1S/C26H21FN8O7.C23H18FN5O7.C10H11FN8O4.C7H7N5O2.H3N/c1-14(36)30-25-31-20-17(21(37)32-25)29-13-35(20)22-18(41-24(39)16-10-6-3-7-11-16)19(27)26(42-22,33-34-28)12-40-23(38)15-8-4-2-5-9-15;24-18-17(35-21(32)15-9-5-2-6-10-15)19(29-12-11-16(30)26-22(29)33)36-23(18,27-28-25)13-34-20(31)14-7-3-1-4-8-14;11-5-4(21)8(23-10(5,1-20)17-18-13)19-2-14-3-6(19)15-9(12)16-7(3)22;1-3(13)10-7-11-5-4(6(14)12-7)8-2-9-5;/h2-11,13,18-19,22H,12H2,1H3,(H2,30,31,32,36,37);1-12,17-19H,13H2,(H,26,30,33);2,4-5,8,20-21H,1H2,(H3,12,15,16,22);2H,1H3,(H3,8,9,10,11,12,13,14);1H3/t18-,19+,22-,26-;17-,18+,19-,23-;4-,5+,8-,10-;;/m111../s1. The number of aromatic amines is 5. The summed E-state index contributed by atoms with van der Waals surface area (Å²) in [6, 6.07) is 31.8. The number of halogens is 3. The van der Waals surface area contributed by atoms with Gasteiger partial charge in [-0.2, -0.15) is 15.0 Å². The third kappa shape index (κ3) is 17.9. The summed E-state index contributed by atoms with van der Waals surface area (Å²) in [4.78, 5) is 176. The summed E-state index contributed by atoms with van der Waals surface area (Å²) in [6.45, 7) is -0.276. The monoisotopic (exact) mass is 1610 g/mol.